The van der Waals surface area contributed by atoms with Crippen LogP contribution in [-0.4, -0.2) is 26.0 Å². The topological polar surface area (TPSA) is 72.2 Å². The summed E-state index contributed by atoms with van der Waals surface area (Å²) >= 11 is 0. The molecule has 1 heterocycles. The molecule has 0 radical (unpaired) electrons. The van der Waals surface area contributed by atoms with Crippen LogP contribution < -0.4 is 11.3 Å². The molecule has 2 atom stereocenters. The van der Waals surface area contributed by atoms with Gasteiger partial charge in [-0.3, -0.25) is 11.3 Å². The van der Waals surface area contributed by atoms with Crippen molar-refractivity contribution in [3.8, 4) is 0 Å². The molecule has 2 unspecified atom stereocenters. The average Bonchev–Trinajstić information content (AvgIpc) is 2.68. The predicted octanol–water partition coefficient (Wildman–Crippen LogP) is 0.496. The lowest BCUT2D eigenvalue weighted by Crippen LogP contribution is -2.43. The Hall–Kier alpha value is -0.910. The van der Waals surface area contributed by atoms with E-state index in [2.05, 4.69) is 5.43 Å². The van der Waals surface area contributed by atoms with E-state index in [-0.39, 0.29) is 17.7 Å². The van der Waals surface area contributed by atoms with Crippen LogP contribution in [0.3, 0.4) is 0 Å². The van der Waals surface area contributed by atoms with Gasteiger partial charge in [-0.2, -0.15) is 0 Å². The summed E-state index contributed by atoms with van der Waals surface area (Å²) in [6, 6.07) is 10.0. The molecule has 0 spiro atoms. The molecule has 1 aliphatic rings. The van der Waals surface area contributed by atoms with Gasteiger partial charge in [-0.15, -0.1) is 0 Å². The molecule has 2 rings (SSSR count). The molecule has 1 saturated heterocycles. The number of benzene rings is 1. The van der Waals surface area contributed by atoms with E-state index in [4.69, 9.17) is 5.84 Å². The third-order valence-corrected chi connectivity index (χ3v) is 5.14. The van der Waals surface area contributed by atoms with Crippen LogP contribution in [-0.2, 0) is 16.3 Å². The van der Waals surface area contributed by atoms with Gasteiger partial charge in [0.15, 0.2) is 9.84 Å². The zero-order valence-corrected chi connectivity index (χ0v) is 10.5. The fourth-order valence-corrected chi connectivity index (χ4v) is 4.25. The van der Waals surface area contributed by atoms with Crippen LogP contribution in [0.2, 0.25) is 0 Å². The maximum absolute atomic E-state index is 11.4. The van der Waals surface area contributed by atoms with E-state index in [0.717, 1.165) is 6.42 Å². The lowest BCUT2D eigenvalue weighted by atomic mass is 9.93. The number of rotatable bonds is 4. The molecular weight excluding hydrogens is 236 g/mol. The molecule has 1 aromatic carbocycles. The van der Waals surface area contributed by atoms with Crippen LogP contribution in [0.1, 0.15) is 12.0 Å². The minimum Gasteiger partial charge on any atom is -0.271 e. The van der Waals surface area contributed by atoms with Gasteiger partial charge < -0.3 is 0 Å². The van der Waals surface area contributed by atoms with Crippen molar-refractivity contribution >= 4 is 9.84 Å². The maximum atomic E-state index is 11.4. The van der Waals surface area contributed by atoms with Crippen molar-refractivity contribution in [1.82, 2.24) is 5.43 Å². The lowest BCUT2D eigenvalue weighted by Gasteiger charge is -2.21. The second kappa shape index (κ2) is 5.16. The number of nitrogens with two attached hydrogens (primary N) is 1. The second-order valence-electron chi connectivity index (χ2n) is 4.63. The van der Waals surface area contributed by atoms with E-state index in [0.29, 0.717) is 12.2 Å². The summed E-state index contributed by atoms with van der Waals surface area (Å²) in [5.41, 5.74) is 3.95. The fourth-order valence-electron chi connectivity index (χ4n) is 2.37. The minimum atomic E-state index is -2.84. The van der Waals surface area contributed by atoms with Crippen molar-refractivity contribution in [3.63, 3.8) is 0 Å². The second-order valence-corrected chi connectivity index (χ2v) is 6.85. The molecule has 0 aromatic heterocycles. The Bertz CT molecular complexity index is 459. The highest BCUT2D eigenvalue weighted by atomic mass is 32.2. The quantitative estimate of drug-likeness (QED) is 0.606. The Balaban J connectivity index is 2.03. The van der Waals surface area contributed by atoms with Crippen LogP contribution >= 0.6 is 0 Å². The molecule has 0 amide bonds. The van der Waals surface area contributed by atoms with E-state index in [9.17, 15) is 8.42 Å². The van der Waals surface area contributed by atoms with E-state index in [1.807, 2.05) is 30.3 Å². The molecule has 0 saturated carbocycles. The number of hydrogen-bond acceptors (Lipinski definition) is 4. The van der Waals surface area contributed by atoms with Crippen LogP contribution in [0, 0.1) is 5.92 Å². The van der Waals surface area contributed by atoms with Crippen molar-refractivity contribution in [1.29, 1.82) is 0 Å². The Morgan fingerprint density at radius 3 is 2.59 bits per heavy atom. The van der Waals surface area contributed by atoms with Crippen LogP contribution in [0.25, 0.3) is 0 Å². The van der Waals surface area contributed by atoms with Crippen LogP contribution in [0.15, 0.2) is 30.3 Å². The zero-order valence-electron chi connectivity index (χ0n) is 9.67. The van der Waals surface area contributed by atoms with Gasteiger partial charge in [0.2, 0.25) is 0 Å². The first-order valence-electron chi connectivity index (χ1n) is 5.81. The van der Waals surface area contributed by atoms with Crippen molar-refractivity contribution in [2.45, 2.75) is 18.9 Å². The van der Waals surface area contributed by atoms with Crippen molar-refractivity contribution in [2.75, 3.05) is 11.5 Å². The summed E-state index contributed by atoms with van der Waals surface area (Å²) in [5, 5.41) is 0. The monoisotopic (exact) mass is 254 g/mol. The van der Waals surface area contributed by atoms with Gasteiger partial charge in [0.25, 0.3) is 0 Å². The van der Waals surface area contributed by atoms with Gasteiger partial charge in [-0.05, 0) is 24.3 Å². The largest absolute Gasteiger partial charge is 0.271 e. The third kappa shape index (κ3) is 3.28. The molecular formula is C12H18N2O2S. The number of hydrazine groups is 1. The van der Waals surface area contributed by atoms with Gasteiger partial charge in [0.1, 0.15) is 0 Å². The average molecular weight is 254 g/mol. The SMILES string of the molecule is NNC(Cc1ccccc1)C1CCS(=O)(=O)C1. The highest BCUT2D eigenvalue weighted by molar-refractivity contribution is 7.91. The normalized spacial score (nSPS) is 24.6. The lowest BCUT2D eigenvalue weighted by molar-refractivity contribution is 0.385. The minimum absolute atomic E-state index is 0.0367. The van der Waals surface area contributed by atoms with Crippen LogP contribution in [0.5, 0.6) is 0 Å². The molecule has 1 aliphatic heterocycles. The predicted molar refractivity (Wildman–Crippen MR) is 68.0 cm³/mol. The number of nitrogens with one attached hydrogen (secondary N) is 1. The van der Waals surface area contributed by atoms with Crippen molar-refractivity contribution < 1.29 is 8.42 Å². The van der Waals surface area contributed by atoms with Crippen LogP contribution in [0.4, 0.5) is 0 Å². The summed E-state index contributed by atoms with van der Waals surface area (Å²) in [6.45, 7) is 0. The van der Waals surface area contributed by atoms with Gasteiger partial charge in [-0.1, -0.05) is 30.3 Å². The van der Waals surface area contributed by atoms with Gasteiger partial charge in [0.05, 0.1) is 11.5 Å². The van der Waals surface area contributed by atoms with Gasteiger partial charge in [0, 0.05) is 6.04 Å². The first-order valence-corrected chi connectivity index (χ1v) is 7.63. The molecule has 17 heavy (non-hydrogen) atoms. The summed E-state index contributed by atoms with van der Waals surface area (Å²) in [5.74, 6) is 6.23. The summed E-state index contributed by atoms with van der Waals surface area (Å²) < 4.78 is 22.9. The fraction of sp³-hybridized carbons (Fsp3) is 0.500. The first-order chi connectivity index (χ1) is 8.11. The maximum Gasteiger partial charge on any atom is 0.150 e. The molecule has 94 valence electrons. The highest BCUT2D eigenvalue weighted by Crippen LogP contribution is 2.23. The van der Waals surface area contributed by atoms with E-state index in [1.54, 1.807) is 0 Å². The van der Waals surface area contributed by atoms with E-state index in [1.165, 1.54) is 5.56 Å². The Morgan fingerprint density at radius 2 is 2.06 bits per heavy atom. The standard InChI is InChI=1S/C12H18N2O2S/c13-14-12(8-10-4-2-1-3-5-10)11-6-7-17(15,16)9-11/h1-5,11-12,14H,6-9,13H2. The summed E-state index contributed by atoms with van der Waals surface area (Å²) in [7, 11) is -2.84. The molecule has 1 aromatic rings. The molecule has 0 bridgehead atoms. The number of hydrogen-bond donors (Lipinski definition) is 2. The summed E-state index contributed by atoms with van der Waals surface area (Å²) in [4.78, 5) is 0. The van der Waals surface area contributed by atoms with Crippen molar-refractivity contribution in [2.24, 2.45) is 11.8 Å². The van der Waals surface area contributed by atoms with Crippen molar-refractivity contribution in [3.05, 3.63) is 35.9 Å². The molecule has 5 heteroatoms. The zero-order chi connectivity index (χ0) is 12.3. The van der Waals surface area contributed by atoms with Gasteiger partial charge >= 0.3 is 0 Å². The third-order valence-electron chi connectivity index (χ3n) is 3.35. The Kier molecular flexibility index (Phi) is 3.81. The molecule has 3 N–H and O–H groups in total. The first kappa shape index (κ1) is 12.5. The molecule has 1 fully saturated rings. The number of sulfone groups is 1. The summed E-state index contributed by atoms with van der Waals surface area (Å²) in [6.07, 6.45) is 1.49. The highest BCUT2D eigenvalue weighted by Gasteiger charge is 2.33. The van der Waals surface area contributed by atoms with E-state index < -0.39 is 9.84 Å². The molecule has 0 aliphatic carbocycles. The Morgan fingerprint density at radius 1 is 1.35 bits per heavy atom. The molecule has 4 nitrogen and oxygen atoms in total. The Labute approximate surface area is 102 Å². The van der Waals surface area contributed by atoms with E-state index >= 15 is 0 Å². The smallest absolute Gasteiger partial charge is 0.150 e. The van der Waals surface area contributed by atoms with Gasteiger partial charge in [-0.25, -0.2) is 8.42 Å².